The fourth-order valence-corrected chi connectivity index (χ4v) is 3.45. The minimum Gasteiger partial charge on any atom is -0.378 e. The van der Waals surface area contributed by atoms with Gasteiger partial charge in [-0.2, -0.15) is 0 Å². The molecule has 2 unspecified atom stereocenters. The van der Waals surface area contributed by atoms with Crippen LogP contribution < -0.4 is 5.32 Å². The van der Waals surface area contributed by atoms with Crippen LogP contribution in [0.2, 0.25) is 0 Å². The number of rotatable bonds is 7. The van der Waals surface area contributed by atoms with E-state index in [4.69, 9.17) is 4.74 Å². The van der Waals surface area contributed by atoms with Crippen LogP contribution in [0.25, 0.3) is 0 Å². The fraction of sp³-hybridized carbons (Fsp3) is 0.667. The van der Waals surface area contributed by atoms with Crippen molar-refractivity contribution in [1.29, 1.82) is 0 Å². The van der Waals surface area contributed by atoms with E-state index in [9.17, 15) is 0 Å². The Hall–Kier alpha value is -0.900. The van der Waals surface area contributed by atoms with Crippen LogP contribution in [0.1, 0.15) is 38.3 Å². The Kier molecular flexibility index (Phi) is 6.68. The van der Waals surface area contributed by atoms with Crippen molar-refractivity contribution in [3.63, 3.8) is 0 Å². The lowest BCUT2D eigenvalue weighted by Gasteiger charge is -2.35. The summed E-state index contributed by atoms with van der Waals surface area (Å²) in [7, 11) is 2.06. The SMILES string of the molecule is CCOC1CCN(CC(C)C(NC)c2ccccc2)CC1. The Labute approximate surface area is 129 Å². The molecule has 0 amide bonds. The lowest BCUT2D eigenvalue weighted by atomic mass is 9.93. The monoisotopic (exact) mass is 290 g/mol. The van der Waals surface area contributed by atoms with E-state index in [2.05, 4.69) is 61.4 Å². The lowest BCUT2D eigenvalue weighted by molar-refractivity contribution is 0.0104. The van der Waals surface area contributed by atoms with Gasteiger partial charge in [0, 0.05) is 32.3 Å². The van der Waals surface area contributed by atoms with Crippen molar-refractivity contribution >= 4 is 0 Å². The number of nitrogens with one attached hydrogen (secondary N) is 1. The van der Waals surface area contributed by atoms with E-state index in [1.54, 1.807) is 0 Å². The van der Waals surface area contributed by atoms with Crippen molar-refractivity contribution in [1.82, 2.24) is 10.2 Å². The van der Waals surface area contributed by atoms with E-state index in [0.717, 1.165) is 13.2 Å². The van der Waals surface area contributed by atoms with Gasteiger partial charge in [0.1, 0.15) is 0 Å². The van der Waals surface area contributed by atoms with E-state index in [1.165, 1.54) is 31.5 Å². The maximum absolute atomic E-state index is 5.74. The summed E-state index contributed by atoms with van der Waals surface area (Å²) in [6.45, 7) is 8.77. The minimum absolute atomic E-state index is 0.427. The zero-order valence-corrected chi connectivity index (χ0v) is 13.7. The maximum Gasteiger partial charge on any atom is 0.0599 e. The first kappa shape index (κ1) is 16.5. The topological polar surface area (TPSA) is 24.5 Å². The highest BCUT2D eigenvalue weighted by Gasteiger charge is 2.24. The Morgan fingerprint density at radius 1 is 1.24 bits per heavy atom. The van der Waals surface area contributed by atoms with Crippen LogP contribution >= 0.6 is 0 Å². The molecule has 1 aliphatic heterocycles. The predicted molar refractivity (Wildman–Crippen MR) is 88.5 cm³/mol. The van der Waals surface area contributed by atoms with Gasteiger partial charge in [-0.15, -0.1) is 0 Å². The van der Waals surface area contributed by atoms with Crippen LogP contribution in [0.15, 0.2) is 30.3 Å². The molecule has 0 spiro atoms. The highest BCUT2D eigenvalue weighted by Crippen LogP contribution is 2.24. The molecule has 3 heteroatoms. The van der Waals surface area contributed by atoms with E-state index < -0.39 is 0 Å². The molecular weight excluding hydrogens is 260 g/mol. The molecule has 1 heterocycles. The summed E-state index contributed by atoms with van der Waals surface area (Å²) in [5.41, 5.74) is 1.39. The smallest absolute Gasteiger partial charge is 0.0599 e. The van der Waals surface area contributed by atoms with Crippen LogP contribution in [-0.2, 0) is 4.74 Å². The molecule has 1 aliphatic rings. The van der Waals surface area contributed by atoms with Crippen molar-refractivity contribution in [2.24, 2.45) is 5.92 Å². The molecule has 2 atom stereocenters. The van der Waals surface area contributed by atoms with Crippen molar-refractivity contribution in [2.75, 3.05) is 33.3 Å². The summed E-state index contributed by atoms with van der Waals surface area (Å²) in [6, 6.07) is 11.2. The first-order chi connectivity index (χ1) is 10.2. The second-order valence-electron chi connectivity index (χ2n) is 6.11. The Balaban J connectivity index is 1.85. The quantitative estimate of drug-likeness (QED) is 0.835. The van der Waals surface area contributed by atoms with Gasteiger partial charge in [0.15, 0.2) is 0 Å². The van der Waals surface area contributed by atoms with Gasteiger partial charge in [0.05, 0.1) is 6.10 Å². The summed E-state index contributed by atoms with van der Waals surface area (Å²) >= 11 is 0. The molecule has 0 aromatic heterocycles. The van der Waals surface area contributed by atoms with Gasteiger partial charge in [-0.3, -0.25) is 0 Å². The van der Waals surface area contributed by atoms with Crippen LogP contribution in [-0.4, -0.2) is 44.3 Å². The third-order valence-electron chi connectivity index (χ3n) is 4.52. The van der Waals surface area contributed by atoms with Crippen LogP contribution in [0.3, 0.4) is 0 Å². The molecule has 2 rings (SSSR count). The van der Waals surface area contributed by atoms with Crippen LogP contribution in [0.4, 0.5) is 0 Å². The van der Waals surface area contributed by atoms with E-state index >= 15 is 0 Å². The van der Waals surface area contributed by atoms with Gasteiger partial charge in [-0.1, -0.05) is 37.3 Å². The molecule has 0 radical (unpaired) electrons. The molecule has 1 N–H and O–H groups in total. The molecule has 1 aromatic carbocycles. The second kappa shape index (κ2) is 8.52. The Bertz CT molecular complexity index is 387. The summed E-state index contributed by atoms with van der Waals surface area (Å²) in [5.74, 6) is 0.598. The first-order valence-corrected chi connectivity index (χ1v) is 8.30. The number of hydrogen-bond acceptors (Lipinski definition) is 3. The number of piperidine rings is 1. The van der Waals surface area contributed by atoms with E-state index in [0.29, 0.717) is 18.1 Å². The zero-order chi connectivity index (χ0) is 15.1. The number of likely N-dealkylation sites (tertiary alicyclic amines) is 1. The average molecular weight is 290 g/mol. The molecule has 1 saturated heterocycles. The van der Waals surface area contributed by atoms with Crippen molar-refractivity contribution in [3.05, 3.63) is 35.9 Å². The average Bonchev–Trinajstić information content (AvgIpc) is 2.51. The highest BCUT2D eigenvalue weighted by molar-refractivity contribution is 5.19. The van der Waals surface area contributed by atoms with Crippen molar-refractivity contribution < 1.29 is 4.74 Å². The van der Waals surface area contributed by atoms with Crippen molar-refractivity contribution in [2.45, 2.75) is 38.8 Å². The molecule has 118 valence electrons. The molecule has 0 bridgehead atoms. The molecule has 3 nitrogen and oxygen atoms in total. The third kappa shape index (κ3) is 4.80. The van der Waals surface area contributed by atoms with Gasteiger partial charge in [-0.25, -0.2) is 0 Å². The first-order valence-electron chi connectivity index (χ1n) is 8.30. The summed E-state index contributed by atoms with van der Waals surface area (Å²) in [6.07, 6.45) is 2.84. The van der Waals surface area contributed by atoms with Crippen molar-refractivity contribution in [3.8, 4) is 0 Å². The number of nitrogens with zero attached hydrogens (tertiary/aromatic N) is 1. The second-order valence-corrected chi connectivity index (χ2v) is 6.11. The van der Waals surface area contributed by atoms with Crippen LogP contribution in [0, 0.1) is 5.92 Å². The summed E-state index contributed by atoms with van der Waals surface area (Å²) < 4.78 is 5.74. The van der Waals surface area contributed by atoms with Crippen LogP contribution in [0.5, 0.6) is 0 Å². The fourth-order valence-electron chi connectivity index (χ4n) is 3.45. The molecule has 0 aliphatic carbocycles. The number of hydrogen-bond donors (Lipinski definition) is 1. The summed E-state index contributed by atoms with van der Waals surface area (Å²) in [5, 5.41) is 3.49. The predicted octanol–water partition coefficient (Wildman–Crippen LogP) is 3.08. The van der Waals surface area contributed by atoms with E-state index in [1.807, 2.05) is 0 Å². The zero-order valence-electron chi connectivity index (χ0n) is 13.7. The van der Waals surface area contributed by atoms with Gasteiger partial charge in [0.25, 0.3) is 0 Å². The van der Waals surface area contributed by atoms with Gasteiger partial charge in [0.2, 0.25) is 0 Å². The number of ether oxygens (including phenoxy) is 1. The Morgan fingerprint density at radius 3 is 2.48 bits per heavy atom. The molecule has 21 heavy (non-hydrogen) atoms. The maximum atomic E-state index is 5.74. The van der Waals surface area contributed by atoms with E-state index in [-0.39, 0.29) is 0 Å². The lowest BCUT2D eigenvalue weighted by Crippen LogP contribution is -2.41. The van der Waals surface area contributed by atoms with Gasteiger partial charge < -0.3 is 15.0 Å². The minimum atomic E-state index is 0.427. The number of benzene rings is 1. The summed E-state index contributed by atoms with van der Waals surface area (Å²) in [4.78, 5) is 2.59. The highest BCUT2D eigenvalue weighted by atomic mass is 16.5. The largest absolute Gasteiger partial charge is 0.378 e. The Morgan fingerprint density at radius 2 is 1.90 bits per heavy atom. The normalized spacial score (nSPS) is 20.3. The third-order valence-corrected chi connectivity index (χ3v) is 4.52. The molecular formula is C18H30N2O. The van der Waals surface area contributed by atoms with Gasteiger partial charge >= 0.3 is 0 Å². The molecule has 1 fully saturated rings. The standard InChI is InChI=1S/C18H30N2O/c1-4-21-17-10-12-20(13-11-17)14-15(2)18(19-3)16-8-6-5-7-9-16/h5-9,15,17-19H,4,10-14H2,1-3H3. The molecule has 0 saturated carbocycles. The molecule has 1 aromatic rings. The van der Waals surface area contributed by atoms with Gasteiger partial charge in [-0.05, 0) is 38.3 Å².